The predicted octanol–water partition coefficient (Wildman–Crippen LogP) is 2.86. The zero-order valence-corrected chi connectivity index (χ0v) is 7.94. The molecule has 2 aromatic heterocycles. The van der Waals surface area contributed by atoms with Crippen LogP contribution in [0.2, 0.25) is 0 Å². The van der Waals surface area contributed by atoms with Crippen molar-refractivity contribution in [3.05, 3.63) is 21.2 Å². The van der Waals surface area contributed by atoms with Crippen molar-refractivity contribution in [2.24, 2.45) is 0 Å². The van der Waals surface area contributed by atoms with Crippen LogP contribution in [-0.4, -0.2) is 9.97 Å². The molecule has 2 N–H and O–H groups in total. The molecular weight excluding hydrogens is 192 g/mol. The smallest absolute Gasteiger partial charge is 0.267 e. The van der Waals surface area contributed by atoms with Crippen molar-refractivity contribution in [2.45, 2.75) is 6.92 Å². The highest BCUT2D eigenvalue weighted by Crippen LogP contribution is 2.14. The SMILES string of the molecule is Cc1cc2[nH]c(=S)oc2c(=S)[nH]1. The maximum atomic E-state index is 5.18. The number of hydrogen-bond donors (Lipinski definition) is 2. The fraction of sp³-hybridized carbons (Fsp3) is 0.143. The summed E-state index contributed by atoms with van der Waals surface area (Å²) in [5.41, 5.74) is 2.46. The van der Waals surface area contributed by atoms with E-state index in [1.807, 2.05) is 13.0 Å². The van der Waals surface area contributed by atoms with Crippen molar-refractivity contribution < 1.29 is 4.42 Å². The summed E-state index contributed by atoms with van der Waals surface area (Å²) in [4.78, 5) is 6.24. The first kappa shape index (κ1) is 7.70. The Bertz CT molecular complexity index is 534. The number of aryl methyl sites for hydroxylation is 1. The third kappa shape index (κ3) is 1.11. The molecule has 0 bridgehead atoms. The van der Waals surface area contributed by atoms with Gasteiger partial charge in [0.15, 0.2) is 5.58 Å². The van der Waals surface area contributed by atoms with Gasteiger partial charge in [0.25, 0.3) is 4.84 Å². The first-order valence-corrected chi connectivity index (χ1v) is 4.21. The zero-order chi connectivity index (χ0) is 8.72. The molecule has 0 spiro atoms. The molecule has 62 valence electrons. The van der Waals surface area contributed by atoms with E-state index in [1.165, 1.54) is 0 Å². The van der Waals surface area contributed by atoms with Gasteiger partial charge in [-0.25, -0.2) is 0 Å². The van der Waals surface area contributed by atoms with Gasteiger partial charge >= 0.3 is 0 Å². The predicted molar refractivity (Wildman–Crippen MR) is 51.3 cm³/mol. The highest BCUT2D eigenvalue weighted by molar-refractivity contribution is 7.71. The Labute approximate surface area is 78.4 Å². The van der Waals surface area contributed by atoms with Crippen molar-refractivity contribution in [1.82, 2.24) is 9.97 Å². The number of pyridine rings is 1. The number of oxazole rings is 1. The normalized spacial score (nSPS) is 10.8. The first-order valence-electron chi connectivity index (χ1n) is 3.39. The standard InChI is InChI=1S/C7H6N2OS2/c1-3-2-4-5(6(11)8-3)10-7(12)9-4/h2H,1H3,(H,8,11)(H,9,12). The highest BCUT2D eigenvalue weighted by atomic mass is 32.1. The molecule has 2 heterocycles. The average Bonchev–Trinajstić information content (AvgIpc) is 2.29. The molecule has 3 nitrogen and oxygen atoms in total. The lowest BCUT2D eigenvalue weighted by Crippen LogP contribution is -1.80. The van der Waals surface area contributed by atoms with Crippen LogP contribution in [0.15, 0.2) is 10.5 Å². The first-order chi connectivity index (χ1) is 5.66. The lowest BCUT2D eigenvalue weighted by molar-refractivity contribution is 0.581. The van der Waals surface area contributed by atoms with Crippen molar-refractivity contribution in [2.75, 3.05) is 0 Å². The molecule has 0 saturated carbocycles. The van der Waals surface area contributed by atoms with Gasteiger partial charge in [0, 0.05) is 5.69 Å². The minimum absolute atomic E-state index is 0.357. The molecule has 12 heavy (non-hydrogen) atoms. The Morgan fingerprint density at radius 3 is 2.83 bits per heavy atom. The van der Waals surface area contributed by atoms with Crippen LogP contribution in [-0.2, 0) is 0 Å². The van der Waals surface area contributed by atoms with Crippen LogP contribution in [0.1, 0.15) is 5.69 Å². The summed E-state index contributed by atoms with van der Waals surface area (Å²) >= 11 is 9.87. The minimum Gasteiger partial charge on any atom is -0.426 e. The van der Waals surface area contributed by atoms with Crippen LogP contribution >= 0.6 is 24.4 Å². The summed E-state index contributed by atoms with van der Waals surface area (Å²) in [7, 11) is 0. The molecule has 0 aliphatic carbocycles. The summed E-state index contributed by atoms with van der Waals surface area (Å²) in [6.07, 6.45) is 0. The second-order valence-electron chi connectivity index (χ2n) is 2.54. The largest absolute Gasteiger partial charge is 0.426 e. The number of fused-ring (bicyclic) bond motifs is 1. The lowest BCUT2D eigenvalue weighted by Gasteiger charge is -1.91. The van der Waals surface area contributed by atoms with E-state index < -0.39 is 0 Å². The molecule has 0 fully saturated rings. The van der Waals surface area contributed by atoms with Gasteiger partial charge in [0.1, 0.15) is 4.64 Å². The molecule has 2 aromatic rings. The van der Waals surface area contributed by atoms with E-state index in [2.05, 4.69) is 9.97 Å². The molecule has 0 aliphatic heterocycles. The van der Waals surface area contributed by atoms with E-state index in [-0.39, 0.29) is 0 Å². The molecular formula is C7H6N2OS2. The number of aromatic nitrogens is 2. The summed E-state index contributed by atoms with van der Waals surface area (Å²) < 4.78 is 5.76. The van der Waals surface area contributed by atoms with Gasteiger partial charge in [-0.15, -0.1) is 0 Å². The fourth-order valence-electron chi connectivity index (χ4n) is 1.10. The third-order valence-electron chi connectivity index (χ3n) is 1.55. The summed E-state index contributed by atoms with van der Waals surface area (Å²) in [6, 6.07) is 1.91. The molecule has 0 aromatic carbocycles. The number of H-pyrrole nitrogens is 2. The van der Waals surface area contributed by atoms with Crippen molar-refractivity contribution in [3.8, 4) is 0 Å². The van der Waals surface area contributed by atoms with Crippen LogP contribution < -0.4 is 0 Å². The zero-order valence-electron chi connectivity index (χ0n) is 6.30. The average molecular weight is 198 g/mol. The Kier molecular flexibility index (Phi) is 1.62. The number of nitrogens with one attached hydrogen (secondary N) is 2. The second kappa shape index (κ2) is 2.53. The summed E-state index contributed by atoms with van der Waals surface area (Å²) in [5, 5.41) is 0. The molecule has 0 atom stereocenters. The molecule has 0 amide bonds. The lowest BCUT2D eigenvalue weighted by atomic mass is 10.3. The molecule has 5 heteroatoms. The molecule has 0 aliphatic rings. The second-order valence-corrected chi connectivity index (χ2v) is 3.32. The van der Waals surface area contributed by atoms with E-state index in [4.69, 9.17) is 28.9 Å². The topological polar surface area (TPSA) is 44.7 Å². The minimum atomic E-state index is 0.357. The molecule has 0 radical (unpaired) electrons. The van der Waals surface area contributed by atoms with E-state index in [0.717, 1.165) is 11.2 Å². The Morgan fingerprint density at radius 1 is 1.33 bits per heavy atom. The van der Waals surface area contributed by atoms with E-state index in [0.29, 0.717) is 15.1 Å². The fourth-order valence-corrected chi connectivity index (χ4v) is 1.60. The Hall–Kier alpha value is -0.940. The van der Waals surface area contributed by atoms with Crippen molar-refractivity contribution in [3.63, 3.8) is 0 Å². The van der Waals surface area contributed by atoms with E-state index in [1.54, 1.807) is 0 Å². The maximum Gasteiger partial charge on any atom is 0.267 e. The van der Waals surface area contributed by atoms with Gasteiger partial charge < -0.3 is 14.4 Å². The van der Waals surface area contributed by atoms with Gasteiger partial charge in [0.05, 0.1) is 5.52 Å². The van der Waals surface area contributed by atoms with Gasteiger partial charge in [-0.1, -0.05) is 12.2 Å². The van der Waals surface area contributed by atoms with Gasteiger partial charge in [-0.2, -0.15) is 0 Å². The summed E-state index contributed by atoms with van der Waals surface area (Å²) in [6.45, 7) is 1.93. The maximum absolute atomic E-state index is 5.18. The van der Waals surface area contributed by atoms with Gasteiger partial charge in [-0.05, 0) is 25.2 Å². The van der Waals surface area contributed by atoms with Crippen LogP contribution in [0.25, 0.3) is 11.1 Å². The van der Waals surface area contributed by atoms with Crippen LogP contribution in [0.4, 0.5) is 0 Å². The van der Waals surface area contributed by atoms with E-state index in [9.17, 15) is 0 Å². The van der Waals surface area contributed by atoms with E-state index >= 15 is 0 Å². The third-order valence-corrected chi connectivity index (χ3v) is 2.03. The molecule has 0 unspecified atom stereocenters. The summed E-state index contributed by atoms with van der Waals surface area (Å²) in [5.74, 6) is 0. The van der Waals surface area contributed by atoms with Crippen LogP contribution in [0.3, 0.4) is 0 Å². The number of rotatable bonds is 0. The monoisotopic (exact) mass is 198 g/mol. The van der Waals surface area contributed by atoms with Crippen LogP contribution in [0.5, 0.6) is 0 Å². The molecule has 0 saturated heterocycles. The van der Waals surface area contributed by atoms with Crippen LogP contribution in [0, 0.1) is 16.4 Å². The number of hydrogen-bond acceptors (Lipinski definition) is 3. The Balaban J connectivity index is 3.08. The number of aromatic amines is 2. The van der Waals surface area contributed by atoms with Crippen molar-refractivity contribution >= 4 is 35.5 Å². The Morgan fingerprint density at radius 2 is 2.08 bits per heavy atom. The quantitative estimate of drug-likeness (QED) is 0.640. The highest BCUT2D eigenvalue weighted by Gasteiger charge is 2.00. The molecule has 2 rings (SSSR count). The van der Waals surface area contributed by atoms with Gasteiger partial charge in [0.2, 0.25) is 0 Å². The van der Waals surface area contributed by atoms with Crippen molar-refractivity contribution in [1.29, 1.82) is 0 Å². The van der Waals surface area contributed by atoms with Gasteiger partial charge in [-0.3, -0.25) is 0 Å².